The number of hydrogen-bond acceptors (Lipinski definition) is 4. The monoisotopic (exact) mass is 224 g/mol. The highest BCUT2D eigenvalue weighted by molar-refractivity contribution is 5.97. The Morgan fingerprint density at radius 3 is 2.44 bits per heavy atom. The van der Waals surface area contributed by atoms with E-state index in [1.54, 1.807) is 19.2 Å². The molecule has 1 rings (SSSR count). The number of carbonyl (C=O) groups excluding carboxylic acids is 1. The molecule has 0 fully saturated rings. The maximum atomic E-state index is 11.4. The molecule has 0 aliphatic heterocycles. The summed E-state index contributed by atoms with van der Waals surface area (Å²) < 4.78 is 15.3. The summed E-state index contributed by atoms with van der Waals surface area (Å²) in [5.41, 5.74) is 1.44. The first-order valence-corrected chi connectivity index (χ1v) is 4.91. The van der Waals surface area contributed by atoms with Crippen molar-refractivity contribution in [1.82, 2.24) is 0 Å². The number of aryl methyl sites for hydroxylation is 1. The Hall–Kier alpha value is -1.55. The van der Waals surface area contributed by atoms with Crippen LogP contribution >= 0.6 is 0 Å². The van der Waals surface area contributed by atoms with Crippen LogP contribution in [0.4, 0.5) is 0 Å². The van der Waals surface area contributed by atoms with E-state index in [2.05, 4.69) is 0 Å². The minimum absolute atomic E-state index is 0.0446. The fraction of sp³-hybridized carbons (Fsp3) is 0.417. The van der Waals surface area contributed by atoms with Crippen LogP contribution in [0.25, 0.3) is 0 Å². The van der Waals surface area contributed by atoms with Crippen molar-refractivity contribution in [3.8, 4) is 11.5 Å². The third-order valence-electron chi connectivity index (χ3n) is 2.21. The van der Waals surface area contributed by atoms with Crippen molar-refractivity contribution in [3.63, 3.8) is 0 Å². The Bertz CT molecular complexity index is 385. The summed E-state index contributed by atoms with van der Waals surface area (Å²) in [4.78, 5) is 11.4. The maximum Gasteiger partial charge on any atom is 0.188 e. The minimum Gasteiger partial charge on any atom is -0.496 e. The third kappa shape index (κ3) is 2.73. The number of carbonyl (C=O) groups is 1. The smallest absolute Gasteiger partial charge is 0.188 e. The van der Waals surface area contributed by atoms with Crippen LogP contribution in [0.1, 0.15) is 22.8 Å². The lowest BCUT2D eigenvalue weighted by atomic mass is 10.1. The highest BCUT2D eigenvalue weighted by atomic mass is 16.7. The van der Waals surface area contributed by atoms with Crippen molar-refractivity contribution >= 4 is 5.78 Å². The molecule has 0 aliphatic rings. The lowest BCUT2D eigenvalue weighted by molar-refractivity contribution is 0.0501. The average Bonchev–Trinajstić information content (AvgIpc) is 2.26. The van der Waals surface area contributed by atoms with Gasteiger partial charge in [0.15, 0.2) is 12.6 Å². The van der Waals surface area contributed by atoms with Gasteiger partial charge < -0.3 is 14.2 Å². The zero-order chi connectivity index (χ0) is 12.1. The summed E-state index contributed by atoms with van der Waals surface area (Å²) in [5.74, 6) is 1.13. The number of Topliss-reactive ketones (excluding diaryl/α,β-unsaturated/α-hetero) is 1. The normalized spacial score (nSPS) is 10.0. The molecule has 0 atom stereocenters. The number of rotatable bonds is 5. The largest absolute Gasteiger partial charge is 0.496 e. The van der Waals surface area contributed by atoms with Gasteiger partial charge in [0.2, 0.25) is 0 Å². The van der Waals surface area contributed by atoms with Gasteiger partial charge in [-0.2, -0.15) is 0 Å². The van der Waals surface area contributed by atoms with Crippen molar-refractivity contribution in [2.75, 3.05) is 21.0 Å². The molecule has 0 amide bonds. The Balaban J connectivity index is 3.14. The Kier molecular flexibility index (Phi) is 4.31. The summed E-state index contributed by atoms with van der Waals surface area (Å²) in [5, 5.41) is 0. The van der Waals surface area contributed by atoms with Crippen LogP contribution in [0.2, 0.25) is 0 Å². The number of ether oxygens (including phenoxy) is 3. The number of methoxy groups -OCH3 is 2. The summed E-state index contributed by atoms with van der Waals surface area (Å²) in [6, 6.07) is 3.46. The zero-order valence-corrected chi connectivity index (χ0v) is 9.99. The van der Waals surface area contributed by atoms with Crippen molar-refractivity contribution in [1.29, 1.82) is 0 Å². The van der Waals surface area contributed by atoms with Crippen LogP contribution in [0.5, 0.6) is 11.5 Å². The molecular weight excluding hydrogens is 208 g/mol. The van der Waals surface area contributed by atoms with E-state index in [4.69, 9.17) is 14.2 Å². The van der Waals surface area contributed by atoms with Gasteiger partial charge in [-0.25, -0.2) is 0 Å². The second kappa shape index (κ2) is 5.51. The van der Waals surface area contributed by atoms with Crippen LogP contribution in [0.15, 0.2) is 12.1 Å². The molecule has 88 valence electrons. The van der Waals surface area contributed by atoms with E-state index < -0.39 is 0 Å². The maximum absolute atomic E-state index is 11.4. The molecule has 1 aromatic rings. The van der Waals surface area contributed by atoms with Gasteiger partial charge in [0.05, 0.1) is 12.7 Å². The van der Waals surface area contributed by atoms with Crippen LogP contribution in [-0.2, 0) is 4.74 Å². The topological polar surface area (TPSA) is 44.8 Å². The molecule has 0 unspecified atom stereocenters. The Morgan fingerprint density at radius 2 is 1.94 bits per heavy atom. The van der Waals surface area contributed by atoms with E-state index in [-0.39, 0.29) is 12.6 Å². The summed E-state index contributed by atoms with van der Waals surface area (Å²) in [6.45, 7) is 3.48. The van der Waals surface area contributed by atoms with Gasteiger partial charge in [-0.3, -0.25) is 4.79 Å². The third-order valence-corrected chi connectivity index (χ3v) is 2.21. The number of ketones is 1. The van der Waals surface area contributed by atoms with E-state index in [0.717, 1.165) is 5.56 Å². The lowest BCUT2D eigenvalue weighted by Gasteiger charge is -2.12. The number of benzene rings is 1. The molecule has 0 N–H and O–H groups in total. The fourth-order valence-electron chi connectivity index (χ4n) is 1.41. The molecule has 0 aromatic heterocycles. The van der Waals surface area contributed by atoms with Crippen LogP contribution in [0.3, 0.4) is 0 Å². The molecule has 0 heterocycles. The van der Waals surface area contributed by atoms with Crippen molar-refractivity contribution in [2.45, 2.75) is 13.8 Å². The van der Waals surface area contributed by atoms with Gasteiger partial charge in [0.25, 0.3) is 0 Å². The van der Waals surface area contributed by atoms with E-state index in [0.29, 0.717) is 17.1 Å². The van der Waals surface area contributed by atoms with Crippen molar-refractivity contribution < 1.29 is 19.0 Å². The first-order valence-electron chi connectivity index (χ1n) is 4.91. The highest BCUT2D eigenvalue weighted by Crippen LogP contribution is 2.29. The molecule has 0 saturated heterocycles. The summed E-state index contributed by atoms with van der Waals surface area (Å²) in [7, 11) is 3.11. The van der Waals surface area contributed by atoms with Gasteiger partial charge in [-0.15, -0.1) is 0 Å². The van der Waals surface area contributed by atoms with Crippen LogP contribution in [0, 0.1) is 6.92 Å². The molecule has 16 heavy (non-hydrogen) atoms. The van der Waals surface area contributed by atoms with Crippen LogP contribution < -0.4 is 9.47 Å². The van der Waals surface area contributed by atoms with Gasteiger partial charge in [0, 0.05) is 13.2 Å². The predicted molar refractivity (Wildman–Crippen MR) is 60.2 cm³/mol. The quantitative estimate of drug-likeness (QED) is 0.568. The average molecular weight is 224 g/mol. The van der Waals surface area contributed by atoms with Crippen LogP contribution in [-0.4, -0.2) is 26.8 Å². The summed E-state index contributed by atoms with van der Waals surface area (Å²) >= 11 is 0. The van der Waals surface area contributed by atoms with E-state index in [9.17, 15) is 4.79 Å². The van der Waals surface area contributed by atoms with Gasteiger partial charge in [-0.1, -0.05) is 0 Å². The van der Waals surface area contributed by atoms with Crippen molar-refractivity contribution in [3.05, 3.63) is 23.3 Å². The van der Waals surface area contributed by atoms with Gasteiger partial charge in [0.1, 0.15) is 11.5 Å². The fourth-order valence-corrected chi connectivity index (χ4v) is 1.41. The van der Waals surface area contributed by atoms with Gasteiger partial charge in [-0.05, 0) is 25.5 Å². The first kappa shape index (κ1) is 12.5. The lowest BCUT2D eigenvalue weighted by Crippen LogP contribution is -2.05. The Morgan fingerprint density at radius 1 is 1.25 bits per heavy atom. The molecule has 0 bridgehead atoms. The molecule has 0 radical (unpaired) electrons. The zero-order valence-electron chi connectivity index (χ0n) is 9.99. The predicted octanol–water partition coefficient (Wildman–Crippen LogP) is 2.19. The summed E-state index contributed by atoms with van der Waals surface area (Å²) in [6.07, 6.45) is 0. The van der Waals surface area contributed by atoms with Gasteiger partial charge >= 0.3 is 0 Å². The molecule has 4 heteroatoms. The molecule has 1 aromatic carbocycles. The van der Waals surface area contributed by atoms with E-state index in [1.807, 2.05) is 6.92 Å². The first-order chi connectivity index (χ1) is 7.60. The molecule has 0 aliphatic carbocycles. The molecule has 0 spiro atoms. The van der Waals surface area contributed by atoms with Crippen molar-refractivity contribution in [2.24, 2.45) is 0 Å². The standard InChI is InChI=1S/C12H16O4/c1-8-5-10(9(2)13)12(16-7-14-3)6-11(8)15-4/h5-6H,7H2,1-4H3. The molecule has 4 nitrogen and oxygen atoms in total. The highest BCUT2D eigenvalue weighted by Gasteiger charge is 2.12. The number of hydrogen-bond donors (Lipinski definition) is 0. The molecular formula is C12H16O4. The second-order valence-corrected chi connectivity index (χ2v) is 3.43. The second-order valence-electron chi connectivity index (χ2n) is 3.43. The van der Waals surface area contributed by atoms with E-state index in [1.165, 1.54) is 14.0 Å². The van der Waals surface area contributed by atoms with E-state index >= 15 is 0 Å². The molecule has 0 saturated carbocycles. The minimum atomic E-state index is -0.0446. The Labute approximate surface area is 95.1 Å². The SMILES string of the molecule is COCOc1cc(OC)c(C)cc1C(C)=O.